The molecule has 1 unspecified atom stereocenters. The Balaban J connectivity index is 2.13. The van der Waals surface area contributed by atoms with Gasteiger partial charge in [-0.25, -0.2) is 4.68 Å². The fraction of sp³-hybridized carbons (Fsp3) is 0.158. The minimum Gasteiger partial charge on any atom is -0.268 e. The van der Waals surface area contributed by atoms with Crippen molar-refractivity contribution in [1.29, 1.82) is 0 Å². The fourth-order valence-corrected chi connectivity index (χ4v) is 2.65. The molecule has 2 aromatic carbocycles. The van der Waals surface area contributed by atoms with Crippen LogP contribution in [0.4, 0.5) is 0 Å². The maximum Gasteiger partial charge on any atom is 0.267 e. The molecule has 1 atom stereocenters. The molecular formula is C19H17N5O. The van der Waals surface area contributed by atoms with Crippen molar-refractivity contribution in [3.63, 3.8) is 0 Å². The van der Waals surface area contributed by atoms with Gasteiger partial charge in [-0.2, -0.15) is 5.10 Å². The van der Waals surface area contributed by atoms with Crippen LogP contribution in [0.25, 0.3) is 21.7 Å². The number of hydrogen-bond donors (Lipinski definition) is 0. The third-order valence-electron chi connectivity index (χ3n) is 3.92. The van der Waals surface area contributed by atoms with Gasteiger partial charge in [0.2, 0.25) is 0 Å². The van der Waals surface area contributed by atoms with Gasteiger partial charge in [-0.05, 0) is 16.7 Å². The Labute approximate surface area is 145 Å². The highest BCUT2D eigenvalue weighted by Gasteiger charge is 2.15. The van der Waals surface area contributed by atoms with Crippen molar-refractivity contribution in [3.8, 4) is 11.3 Å². The van der Waals surface area contributed by atoms with Gasteiger partial charge in [0.15, 0.2) is 0 Å². The van der Waals surface area contributed by atoms with E-state index in [2.05, 4.69) is 15.1 Å². The molecule has 0 saturated heterocycles. The molecule has 0 N–H and O–H groups in total. The highest BCUT2D eigenvalue weighted by Crippen LogP contribution is 2.27. The number of rotatable bonds is 5. The van der Waals surface area contributed by atoms with Crippen LogP contribution in [-0.2, 0) is 6.54 Å². The third kappa shape index (κ3) is 3.76. The summed E-state index contributed by atoms with van der Waals surface area (Å²) in [4.78, 5) is 15.4. The first-order chi connectivity index (χ1) is 12.2. The Kier molecular flexibility index (Phi) is 4.92. The first-order valence-corrected chi connectivity index (χ1v) is 7.94. The molecule has 3 aromatic rings. The summed E-state index contributed by atoms with van der Waals surface area (Å²) in [6, 6.07) is 20.3. The molecule has 0 spiro atoms. The molecule has 0 fully saturated rings. The van der Waals surface area contributed by atoms with Gasteiger partial charge in [-0.1, -0.05) is 72.7 Å². The molecule has 1 aromatic heterocycles. The quantitative estimate of drug-likeness (QED) is 0.396. The second-order valence-electron chi connectivity index (χ2n) is 5.68. The topological polar surface area (TPSA) is 83.7 Å². The van der Waals surface area contributed by atoms with Gasteiger partial charge in [0.25, 0.3) is 5.56 Å². The Morgan fingerprint density at radius 1 is 1.12 bits per heavy atom. The van der Waals surface area contributed by atoms with Crippen molar-refractivity contribution >= 4 is 0 Å². The van der Waals surface area contributed by atoms with Crippen molar-refractivity contribution in [2.45, 2.75) is 19.5 Å². The van der Waals surface area contributed by atoms with E-state index < -0.39 is 6.04 Å². The van der Waals surface area contributed by atoms with Gasteiger partial charge in [0.1, 0.15) is 0 Å². The number of aromatic nitrogens is 2. The van der Waals surface area contributed by atoms with Crippen molar-refractivity contribution < 1.29 is 0 Å². The van der Waals surface area contributed by atoms with E-state index in [1.165, 1.54) is 10.7 Å². The molecule has 0 bridgehead atoms. The van der Waals surface area contributed by atoms with Crippen LogP contribution in [0.2, 0.25) is 0 Å². The monoisotopic (exact) mass is 331 g/mol. The summed E-state index contributed by atoms with van der Waals surface area (Å²) >= 11 is 0. The molecule has 0 saturated carbocycles. The van der Waals surface area contributed by atoms with E-state index in [9.17, 15) is 4.79 Å². The highest BCUT2D eigenvalue weighted by molar-refractivity contribution is 5.63. The van der Waals surface area contributed by atoms with Crippen LogP contribution in [0.3, 0.4) is 0 Å². The zero-order valence-electron chi connectivity index (χ0n) is 13.8. The number of nitrogens with zero attached hydrogens (tertiary/aromatic N) is 5. The van der Waals surface area contributed by atoms with Crippen LogP contribution in [0.5, 0.6) is 0 Å². The van der Waals surface area contributed by atoms with Crippen LogP contribution in [-0.4, -0.2) is 9.78 Å². The van der Waals surface area contributed by atoms with Crippen LogP contribution < -0.4 is 5.56 Å². The minimum atomic E-state index is -0.480. The molecule has 6 heteroatoms. The van der Waals surface area contributed by atoms with E-state index in [0.29, 0.717) is 17.8 Å². The van der Waals surface area contributed by atoms with Gasteiger partial charge < -0.3 is 0 Å². The lowest BCUT2D eigenvalue weighted by molar-refractivity contribution is 0.631. The normalized spacial score (nSPS) is 11.6. The second-order valence-corrected chi connectivity index (χ2v) is 5.68. The summed E-state index contributed by atoms with van der Waals surface area (Å²) in [5, 5.41) is 8.29. The smallest absolute Gasteiger partial charge is 0.267 e. The standard InChI is InChI=1S/C19H17N5O/c1-14(21-23-20)17-12-18(25)24(13-15-8-4-2-5-9-15)22-19(17)16-10-6-3-7-11-16/h2-12,14H,13H2,1H3. The van der Waals surface area contributed by atoms with Gasteiger partial charge in [-0.15, -0.1) is 0 Å². The van der Waals surface area contributed by atoms with Crippen LogP contribution in [0.15, 0.2) is 76.6 Å². The summed E-state index contributed by atoms with van der Waals surface area (Å²) in [6.07, 6.45) is 0. The van der Waals surface area contributed by atoms with Crippen LogP contribution >= 0.6 is 0 Å². The minimum absolute atomic E-state index is 0.224. The zero-order valence-corrected chi connectivity index (χ0v) is 13.8. The van der Waals surface area contributed by atoms with Gasteiger partial charge in [0, 0.05) is 16.5 Å². The lowest BCUT2D eigenvalue weighted by Gasteiger charge is -2.14. The molecule has 0 aliphatic carbocycles. The number of azide groups is 1. The van der Waals surface area contributed by atoms with Gasteiger partial charge in [0.05, 0.1) is 18.3 Å². The summed E-state index contributed by atoms with van der Waals surface area (Å²) in [5.74, 6) is 0. The Morgan fingerprint density at radius 3 is 2.40 bits per heavy atom. The predicted octanol–water partition coefficient (Wildman–Crippen LogP) is 4.33. The summed E-state index contributed by atoms with van der Waals surface area (Å²) in [5.41, 5.74) is 11.6. The summed E-state index contributed by atoms with van der Waals surface area (Å²) < 4.78 is 1.43. The Hall–Kier alpha value is -3.37. The number of hydrogen-bond acceptors (Lipinski definition) is 3. The Bertz CT molecular complexity index is 960. The van der Waals surface area contributed by atoms with E-state index in [0.717, 1.165) is 11.1 Å². The molecule has 0 aliphatic heterocycles. The van der Waals surface area contributed by atoms with Crippen LogP contribution in [0, 0.1) is 0 Å². The second kappa shape index (κ2) is 7.47. The van der Waals surface area contributed by atoms with E-state index in [-0.39, 0.29) is 5.56 Å². The van der Waals surface area contributed by atoms with Crippen LogP contribution in [0.1, 0.15) is 24.1 Å². The Morgan fingerprint density at radius 2 is 1.76 bits per heavy atom. The van der Waals surface area contributed by atoms with Gasteiger partial charge >= 0.3 is 0 Å². The van der Waals surface area contributed by atoms with E-state index in [1.807, 2.05) is 60.7 Å². The van der Waals surface area contributed by atoms with Crippen molar-refractivity contribution in [2.75, 3.05) is 0 Å². The summed E-state index contributed by atoms with van der Waals surface area (Å²) in [7, 11) is 0. The van der Waals surface area contributed by atoms with Crippen molar-refractivity contribution in [2.24, 2.45) is 5.11 Å². The van der Waals surface area contributed by atoms with E-state index >= 15 is 0 Å². The van der Waals surface area contributed by atoms with Gasteiger partial charge in [-0.3, -0.25) is 4.79 Å². The zero-order chi connectivity index (χ0) is 17.6. The highest BCUT2D eigenvalue weighted by atomic mass is 16.1. The maximum atomic E-state index is 12.5. The lowest BCUT2D eigenvalue weighted by Crippen LogP contribution is -2.25. The van der Waals surface area contributed by atoms with E-state index in [1.54, 1.807) is 6.92 Å². The molecule has 0 radical (unpaired) electrons. The average molecular weight is 331 g/mol. The SMILES string of the molecule is CC(N=[N+]=[N-])c1cc(=O)n(Cc2ccccc2)nc1-c1ccccc1. The molecular weight excluding hydrogens is 314 g/mol. The predicted molar refractivity (Wildman–Crippen MR) is 97.0 cm³/mol. The molecule has 1 heterocycles. The fourth-order valence-electron chi connectivity index (χ4n) is 2.65. The van der Waals surface area contributed by atoms with Crippen molar-refractivity contribution in [1.82, 2.24) is 9.78 Å². The molecule has 6 nitrogen and oxygen atoms in total. The molecule has 124 valence electrons. The molecule has 0 aliphatic rings. The lowest BCUT2D eigenvalue weighted by atomic mass is 10.0. The molecule has 0 amide bonds. The first kappa shape index (κ1) is 16.5. The first-order valence-electron chi connectivity index (χ1n) is 7.94. The number of benzene rings is 2. The largest absolute Gasteiger partial charge is 0.268 e. The molecule has 3 rings (SSSR count). The summed E-state index contributed by atoms with van der Waals surface area (Å²) in [6.45, 7) is 2.14. The maximum absolute atomic E-state index is 12.5. The molecule has 25 heavy (non-hydrogen) atoms. The third-order valence-corrected chi connectivity index (χ3v) is 3.92. The van der Waals surface area contributed by atoms with Crippen molar-refractivity contribution in [3.05, 3.63) is 98.7 Å². The van der Waals surface area contributed by atoms with E-state index in [4.69, 9.17) is 5.53 Å². The average Bonchev–Trinajstić information content (AvgIpc) is 2.65.